The van der Waals surface area contributed by atoms with E-state index in [0.29, 0.717) is 11.3 Å². The summed E-state index contributed by atoms with van der Waals surface area (Å²) in [6.07, 6.45) is 2.13. The lowest BCUT2D eigenvalue weighted by Gasteiger charge is -2.05. The summed E-state index contributed by atoms with van der Waals surface area (Å²) in [5, 5.41) is 11.7. The summed E-state index contributed by atoms with van der Waals surface area (Å²) in [4.78, 5) is 0. The molecule has 0 spiro atoms. The predicted molar refractivity (Wildman–Crippen MR) is 54.5 cm³/mol. The first-order valence-electron chi connectivity index (χ1n) is 4.71. The molecule has 0 heterocycles. The van der Waals surface area contributed by atoms with E-state index in [-0.39, 0.29) is 5.82 Å². The van der Waals surface area contributed by atoms with Crippen molar-refractivity contribution in [2.45, 2.75) is 19.8 Å². The van der Waals surface area contributed by atoms with Gasteiger partial charge in [0.25, 0.3) is 0 Å². The molecule has 1 aromatic rings. The fraction of sp³-hybridized carbons (Fsp3) is 0.364. The highest BCUT2D eigenvalue weighted by molar-refractivity contribution is 5.49. The van der Waals surface area contributed by atoms with Crippen LogP contribution >= 0.6 is 0 Å². The van der Waals surface area contributed by atoms with Crippen molar-refractivity contribution in [3.8, 4) is 6.07 Å². The van der Waals surface area contributed by atoms with Gasteiger partial charge in [0.2, 0.25) is 0 Å². The Morgan fingerprint density at radius 2 is 2.21 bits per heavy atom. The summed E-state index contributed by atoms with van der Waals surface area (Å²) >= 11 is 0. The molecule has 0 aromatic heterocycles. The summed E-state index contributed by atoms with van der Waals surface area (Å²) in [5.74, 6) is -0.372. The maximum absolute atomic E-state index is 12.9. The van der Waals surface area contributed by atoms with Crippen LogP contribution in [0.25, 0.3) is 0 Å². The van der Waals surface area contributed by atoms with Gasteiger partial charge in [-0.25, -0.2) is 4.39 Å². The molecule has 0 aliphatic rings. The van der Waals surface area contributed by atoms with Gasteiger partial charge in [-0.3, -0.25) is 0 Å². The normalized spacial score (nSPS) is 9.50. The van der Waals surface area contributed by atoms with Crippen molar-refractivity contribution in [3.63, 3.8) is 0 Å². The first-order chi connectivity index (χ1) is 6.76. The van der Waals surface area contributed by atoms with Crippen LogP contribution in [0.5, 0.6) is 0 Å². The van der Waals surface area contributed by atoms with E-state index in [1.165, 1.54) is 12.1 Å². The highest BCUT2D eigenvalue weighted by Crippen LogP contribution is 2.13. The van der Waals surface area contributed by atoms with Crippen LogP contribution in [0.4, 0.5) is 10.1 Å². The van der Waals surface area contributed by atoms with E-state index in [1.54, 1.807) is 6.07 Å². The minimum Gasteiger partial charge on any atom is -0.385 e. The van der Waals surface area contributed by atoms with Gasteiger partial charge in [-0.05, 0) is 24.6 Å². The summed E-state index contributed by atoms with van der Waals surface area (Å²) in [7, 11) is 0. The fourth-order valence-corrected chi connectivity index (χ4v) is 1.17. The van der Waals surface area contributed by atoms with Gasteiger partial charge in [-0.15, -0.1) is 0 Å². The summed E-state index contributed by atoms with van der Waals surface area (Å²) in [6, 6.07) is 6.20. The molecule has 1 N–H and O–H groups in total. The Kier molecular flexibility index (Phi) is 3.93. The molecule has 1 aromatic carbocycles. The molecule has 0 aliphatic heterocycles. The second kappa shape index (κ2) is 5.23. The molecule has 0 amide bonds. The van der Waals surface area contributed by atoms with Gasteiger partial charge in [0, 0.05) is 12.2 Å². The zero-order chi connectivity index (χ0) is 10.4. The molecule has 74 valence electrons. The van der Waals surface area contributed by atoms with Crippen molar-refractivity contribution in [1.82, 2.24) is 0 Å². The number of hydrogen-bond donors (Lipinski definition) is 1. The smallest absolute Gasteiger partial charge is 0.126 e. The third kappa shape index (κ3) is 3.06. The van der Waals surface area contributed by atoms with E-state index in [0.717, 1.165) is 19.4 Å². The predicted octanol–water partition coefficient (Wildman–Crippen LogP) is 2.91. The number of rotatable bonds is 4. The van der Waals surface area contributed by atoms with E-state index in [9.17, 15) is 4.39 Å². The standard InChI is InChI=1S/C11H13FN2/c1-2-3-4-14-11-6-9(8-13)5-10(12)7-11/h5-7,14H,2-4H2,1H3. The third-order valence-corrected chi connectivity index (χ3v) is 1.89. The monoisotopic (exact) mass is 192 g/mol. The number of nitrogens with zero attached hydrogens (tertiary/aromatic N) is 1. The van der Waals surface area contributed by atoms with Gasteiger partial charge in [-0.1, -0.05) is 13.3 Å². The minimum atomic E-state index is -0.372. The number of nitrogens with one attached hydrogen (secondary N) is 1. The Bertz CT molecular complexity index is 342. The van der Waals surface area contributed by atoms with Crippen LogP contribution in [-0.2, 0) is 0 Å². The molecule has 0 unspecified atom stereocenters. The minimum absolute atomic E-state index is 0.351. The molecule has 0 fully saturated rings. The lowest BCUT2D eigenvalue weighted by Crippen LogP contribution is -2.01. The van der Waals surface area contributed by atoms with Crippen molar-refractivity contribution in [2.24, 2.45) is 0 Å². The van der Waals surface area contributed by atoms with Gasteiger partial charge >= 0.3 is 0 Å². The highest BCUT2D eigenvalue weighted by atomic mass is 19.1. The molecule has 3 heteroatoms. The van der Waals surface area contributed by atoms with E-state index in [4.69, 9.17) is 5.26 Å². The van der Waals surface area contributed by atoms with Crippen molar-refractivity contribution in [1.29, 1.82) is 5.26 Å². The molecule has 0 atom stereocenters. The number of hydrogen-bond acceptors (Lipinski definition) is 2. The molecule has 0 bridgehead atoms. The highest BCUT2D eigenvalue weighted by Gasteiger charge is 1.99. The second-order valence-electron chi connectivity index (χ2n) is 3.12. The Morgan fingerprint density at radius 1 is 1.43 bits per heavy atom. The van der Waals surface area contributed by atoms with Crippen LogP contribution in [0.2, 0.25) is 0 Å². The second-order valence-corrected chi connectivity index (χ2v) is 3.12. The summed E-state index contributed by atoms with van der Waals surface area (Å²) in [5.41, 5.74) is 1.03. The molecule has 0 saturated heterocycles. The maximum Gasteiger partial charge on any atom is 0.126 e. The van der Waals surface area contributed by atoms with Crippen LogP contribution in [0.15, 0.2) is 18.2 Å². The van der Waals surface area contributed by atoms with Gasteiger partial charge in [0.15, 0.2) is 0 Å². The van der Waals surface area contributed by atoms with Crippen molar-refractivity contribution < 1.29 is 4.39 Å². The van der Waals surface area contributed by atoms with E-state index in [1.807, 2.05) is 6.07 Å². The van der Waals surface area contributed by atoms with Gasteiger partial charge in [0.05, 0.1) is 11.6 Å². The molecule has 1 rings (SSSR count). The number of unbranched alkanes of at least 4 members (excludes halogenated alkanes) is 1. The Morgan fingerprint density at radius 3 is 2.86 bits per heavy atom. The van der Waals surface area contributed by atoms with Gasteiger partial charge in [0.1, 0.15) is 5.82 Å². The van der Waals surface area contributed by atoms with E-state index in [2.05, 4.69) is 12.2 Å². The SMILES string of the molecule is CCCCNc1cc(F)cc(C#N)c1. The molecule has 0 radical (unpaired) electrons. The third-order valence-electron chi connectivity index (χ3n) is 1.89. The first-order valence-corrected chi connectivity index (χ1v) is 4.71. The van der Waals surface area contributed by atoms with E-state index < -0.39 is 0 Å². The van der Waals surface area contributed by atoms with E-state index >= 15 is 0 Å². The first kappa shape index (κ1) is 10.5. The topological polar surface area (TPSA) is 35.8 Å². The molecule has 0 saturated carbocycles. The molecular formula is C11H13FN2. The van der Waals surface area contributed by atoms with Gasteiger partial charge < -0.3 is 5.32 Å². The lowest BCUT2D eigenvalue weighted by atomic mass is 10.2. The molecule has 0 aliphatic carbocycles. The average molecular weight is 192 g/mol. The molecule has 2 nitrogen and oxygen atoms in total. The van der Waals surface area contributed by atoms with Crippen molar-refractivity contribution in [3.05, 3.63) is 29.6 Å². The largest absolute Gasteiger partial charge is 0.385 e. The van der Waals surface area contributed by atoms with Crippen LogP contribution in [0, 0.1) is 17.1 Å². The average Bonchev–Trinajstić information content (AvgIpc) is 2.17. The van der Waals surface area contributed by atoms with Crippen molar-refractivity contribution in [2.75, 3.05) is 11.9 Å². The van der Waals surface area contributed by atoms with Crippen LogP contribution in [0.3, 0.4) is 0 Å². The summed E-state index contributed by atoms with van der Waals surface area (Å²) < 4.78 is 12.9. The zero-order valence-corrected chi connectivity index (χ0v) is 8.18. The van der Waals surface area contributed by atoms with Gasteiger partial charge in [-0.2, -0.15) is 5.26 Å². The zero-order valence-electron chi connectivity index (χ0n) is 8.18. The number of anilines is 1. The Labute approximate surface area is 83.4 Å². The lowest BCUT2D eigenvalue weighted by molar-refractivity contribution is 0.627. The van der Waals surface area contributed by atoms with Crippen LogP contribution < -0.4 is 5.32 Å². The molecular weight excluding hydrogens is 179 g/mol. The Hall–Kier alpha value is -1.56. The maximum atomic E-state index is 12.9. The van der Waals surface area contributed by atoms with Crippen LogP contribution in [0.1, 0.15) is 25.3 Å². The summed E-state index contributed by atoms with van der Waals surface area (Å²) in [6.45, 7) is 2.90. The van der Waals surface area contributed by atoms with Crippen LogP contribution in [-0.4, -0.2) is 6.54 Å². The number of benzene rings is 1. The Balaban J connectivity index is 2.68. The van der Waals surface area contributed by atoms with Crippen molar-refractivity contribution >= 4 is 5.69 Å². The molecule has 14 heavy (non-hydrogen) atoms. The number of halogens is 1. The fourth-order valence-electron chi connectivity index (χ4n) is 1.17. The number of nitriles is 1. The quantitative estimate of drug-likeness (QED) is 0.744.